The number of nitrogens with zero attached hydrogens (tertiary/aromatic N) is 2. The molecule has 5 atom stereocenters. The van der Waals surface area contributed by atoms with Crippen molar-refractivity contribution in [3.8, 4) is 0 Å². The SMILES string of the molecule is C=C[C@@H]1C[C@]1(CC(=O)[C@@H]1CC(OC(=O)N2Cc3cccc(F)c3C2)CN1C(=O)[C@H](CNS(=O)(=O)C=C)NC(=O)OC(C)(C)C)C(=O)NS(=O)(=O)C1CC1. The van der Waals surface area contributed by atoms with E-state index in [0.717, 1.165) is 4.90 Å². The summed E-state index contributed by atoms with van der Waals surface area (Å²) in [4.78, 5) is 70.2. The van der Waals surface area contributed by atoms with Gasteiger partial charge < -0.3 is 19.7 Å². The molecule has 2 heterocycles. The van der Waals surface area contributed by atoms with Gasteiger partial charge in [0.05, 0.1) is 29.8 Å². The highest BCUT2D eigenvalue weighted by atomic mass is 32.2. The fourth-order valence-electron chi connectivity index (χ4n) is 6.58. The van der Waals surface area contributed by atoms with Gasteiger partial charge in [-0.25, -0.2) is 35.5 Å². The average molecular weight is 782 g/mol. The molecule has 3 N–H and O–H groups in total. The molecule has 16 nitrogen and oxygen atoms in total. The number of hydrogen-bond acceptors (Lipinski definition) is 11. The summed E-state index contributed by atoms with van der Waals surface area (Å²) in [6.07, 6.45) is -1.40. The van der Waals surface area contributed by atoms with Crippen molar-refractivity contribution in [2.24, 2.45) is 11.3 Å². The van der Waals surface area contributed by atoms with Crippen LogP contribution in [-0.4, -0.2) is 98.5 Å². The van der Waals surface area contributed by atoms with Crippen LogP contribution in [0.1, 0.15) is 64.0 Å². The lowest BCUT2D eigenvalue weighted by molar-refractivity contribution is -0.140. The van der Waals surface area contributed by atoms with Gasteiger partial charge in [-0.15, -0.1) is 6.58 Å². The summed E-state index contributed by atoms with van der Waals surface area (Å²) in [6.45, 7) is 10.6. The fourth-order valence-corrected chi connectivity index (χ4v) is 8.48. The van der Waals surface area contributed by atoms with Crippen LogP contribution in [0.15, 0.2) is 42.8 Å². The van der Waals surface area contributed by atoms with E-state index in [1.54, 1.807) is 26.8 Å². The van der Waals surface area contributed by atoms with E-state index in [2.05, 4.69) is 27.9 Å². The Morgan fingerprint density at radius 2 is 1.79 bits per heavy atom. The Balaban J connectivity index is 1.40. The molecule has 53 heavy (non-hydrogen) atoms. The van der Waals surface area contributed by atoms with Crippen LogP contribution in [0.25, 0.3) is 0 Å². The molecule has 2 aliphatic carbocycles. The van der Waals surface area contributed by atoms with Gasteiger partial charge in [0.15, 0.2) is 5.78 Å². The average Bonchev–Trinajstić information content (AvgIpc) is 3.96. The van der Waals surface area contributed by atoms with Gasteiger partial charge in [0.1, 0.15) is 23.6 Å². The van der Waals surface area contributed by atoms with Crippen LogP contribution in [-0.2, 0) is 57.0 Å². The molecule has 1 saturated heterocycles. The summed E-state index contributed by atoms with van der Waals surface area (Å²) in [6, 6.07) is 1.46. The van der Waals surface area contributed by atoms with Crippen LogP contribution < -0.4 is 14.8 Å². The predicted molar refractivity (Wildman–Crippen MR) is 187 cm³/mol. The minimum atomic E-state index is -4.11. The number of ketones is 1. The molecule has 2 aliphatic heterocycles. The number of halogens is 1. The van der Waals surface area contributed by atoms with E-state index < -0.39 is 109 Å². The molecule has 290 valence electrons. The van der Waals surface area contributed by atoms with E-state index in [1.807, 2.05) is 0 Å². The number of fused-ring (bicyclic) bond motifs is 1. The summed E-state index contributed by atoms with van der Waals surface area (Å²) in [5, 5.41) is 2.24. The number of Topliss-reactive ketones (excluding diaryl/α,β-unsaturated/α-hetero) is 1. The Hall–Kier alpha value is -4.36. The molecule has 1 aromatic rings. The van der Waals surface area contributed by atoms with Gasteiger partial charge in [-0.3, -0.25) is 24.0 Å². The minimum absolute atomic E-state index is 0.0549. The van der Waals surface area contributed by atoms with E-state index in [9.17, 15) is 45.2 Å². The number of benzene rings is 1. The molecule has 1 unspecified atom stereocenters. The summed E-state index contributed by atoms with van der Waals surface area (Å²) < 4.78 is 79.4. The topological polar surface area (TPSA) is 215 Å². The molecule has 0 bridgehead atoms. The van der Waals surface area contributed by atoms with Gasteiger partial charge in [0.2, 0.25) is 31.9 Å². The minimum Gasteiger partial charge on any atom is -0.444 e. The number of amides is 4. The van der Waals surface area contributed by atoms with E-state index in [0.29, 0.717) is 29.4 Å². The van der Waals surface area contributed by atoms with Crippen LogP contribution in [0.4, 0.5) is 14.0 Å². The van der Waals surface area contributed by atoms with E-state index in [-0.39, 0.29) is 32.5 Å². The first-order valence-electron chi connectivity index (χ1n) is 17.0. The van der Waals surface area contributed by atoms with Crippen molar-refractivity contribution in [3.05, 3.63) is 59.8 Å². The number of nitrogens with one attached hydrogen (secondary N) is 3. The molecule has 4 aliphatic rings. The number of alkyl carbamates (subject to hydrolysis) is 1. The molecule has 0 radical (unpaired) electrons. The number of allylic oxidation sites excluding steroid dienone is 1. The zero-order valence-electron chi connectivity index (χ0n) is 29.6. The monoisotopic (exact) mass is 781 g/mol. The molecule has 0 aromatic heterocycles. The van der Waals surface area contributed by atoms with E-state index >= 15 is 0 Å². The second kappa shape index (κ2) is 14.8. The van der Waals surface area contributed by atoms with Gasteiger partial charge in [-0.2, -0.15) is 0 Å². The van der Waals surface area contributed by atoms with Crippen molar-refractivity contribution in [1.82, 2.24) is 24.6 Å². The van der Waals surface area contributed by atoms with Gasteiger partial charge in [0, 0.05) is 36.9 Å². The molecule has 19 heteroatoms. The van der Waals surface area contributed by atoms with E-state index in [1.165, 1.54) is 23.1 Å². The standard InChI is InChI=1S/C34H44FN5O11S2/c1-6-21-14-34(21,30(43)38-53(48,49)23-11-12-23)15-28(41)27-13-22(50-32(45)39-17-20-9-8-10-25(35)24(20)19-39)18-40(27)29(42)26(16-36-52(46,47)7-2)37-31(44)51-33(3,4)5/h6-10,21-23,26-27,36H,1-2,11-19H2,3-5H3,(H,37,44)(H,38,43)/t21-,22?,26+,27+,34-/m1/s1. The third kappa shape index (κ3) is 9.24. The van der Waals surface area contributed by atoms with Crippen molar-refractivity contribution >= 4 is 49.8 Å². The Bertz CT molecular complexity index is 1930. The lowest BCUT2D eigenvalue weighted by Crippen LogP contribution is -2.56. The second-order valence-electron chi connectivity index (χ2n) is 14.8. The first-order chi connectivity index (χ1) is 24.7. The molecule has 5 rings (SSSR count). The quantitative estimate of drug-likeness (QED) is 0.232. The molecular formula is C34H44FN5O11S2. The van der Waals surface area contributed by atoms with Crippen molar-refractivity contribution < 1.29 is 54.7 Å². The highest BCUT2D eigenvalue weighted by Crippen LogP contribution is 2.57. The van der Waals surface area contributed by atoms with Crippen molar-refractivity contribution in [3.63, 3.8) is 0 Å². The van der Waals surface area contributed by atoms with Crippen LogP contribution >= 0.6 is 0 Å². The van der Waals surface area contributed by atoms with Crippen molar-refractivity contribution in [1.29, 1.82) is 0 Å². The van der Waals surface area contributed by atoms with E-state index in [4.69, 9.17) is 9.47 Å². The first-order valence-corrected chi connectivity index (χ1v) is 20.1. The highest BCUT2D eigenvalue weighted by molar-refractivity contribution is 7.92. The number of rotatable bonds is 14. The molecule has 3 fully saturated rings. The third-order valence-electron chi connectivity index (χ3n) is 9.62. The number of sulfonamides is 2. The van der Waals surface area contributed by atoms with Crippen LogP contribution in [0.2, 0.25) is 0 Å². The maximum atomic E-state index is 14.4. The van der Waals surface area contributed by atoms with Gasteiger partial charge in [-0.05, 0) is 57.6 Å². The summed E-state index contributed by atoms with van der Waals surface area (Å²) in [7, 11) is -8.07. The zero-order valence-corrected chi connectivity index (χ0v) is 31.3. The lowest BCUT2D eigenvalue weighted by Gasteiger charge is -2.30. The van der Waals surface area contributed by atoms with Gasteiger partial charge in [-0.1, -0.05) is 24.8 Å². The number of likely N-dealkylation sites (tertiary alicyclic amines) is 1. The Morgan fingerprint density at radius 1 is 1.09 bits per heavy atom. The van der Waals surface area contributed by atoms with Gasteiger partial charge in [0.25, 0.3) is 0 Å². The third-order valence-corrected chi connectivity index (χ3v) is 12.5. The number of ether oxygens (including phenoxy) is 2. The highest BCUT2D eigenvalue weighted by Gasteiger charge is 2.61. The Labute approximate surface area is 307 Å². The molecule has 2 saturated carbocycles. The van der Waals surface area contributed by atoms with Crippen molar-refractivity contribution in [2.75, 3.05) is 13.1 Å². The number of carbonyl (C=O) groups is 5. The van der Waals surface area contributed by atoms with Crippen molar-refractivity contribution in [2.45, 2.75) is 95.0 Å². The Kier molecular flexibility index (Phi) is 11.1. The zero-order chi connectivity index (χ0) is 39.1. The normalized spacial score (nSPS) is 24.4. The smallest absolute Gasteiger partial charge is 0.410 e. The lowest BCUT2D eigenvalue weighted by atomic mass is 9.91. The summed E-state index contributed by atoms with van der Waals surface area (Å²) in [5.74, 6) is -3.52. The fraction of sp³-hybridized carbons (Fsp3) is 0.559. The Morgan fingerprint density at radius 3 is 2.38 bits per heavy atom. The molecular weight excluding hydrogens is 738 g/mol. The van der Waals surface area contributed by atoms with Crippen LogP contribution in [0, 0.1) is 17.2 Å². The summed E-state index contributed by atoms with van der Waals surface area (Å²) >= 11 is 0. The van der Waals surface area contributed by atoms with Gasteiger partial charge >= 0.3 is 12.2 Å². The molecule has 1 aromatic carbocycles. The summed E-state index contributed by atoms with van der Waals surface area (Å²) in [5.41, 5.74) is -1.56. The number of hydrogen-bond donors (Lipinski definition) is 3. The maximum Gasteiger partial charge on any atom is 0.410 e. The predicted octanol–water partition coefficient (Wildman–Crippen LogP) is 1.96. The largest absolute Gasteiger partial charge is 0.444 e. The molecule has 4 amide bonds. The second-order valence-corrected chi connectivity index (χ2v) is 18.4. The maximum absolute atomic E-state index is 14.4. The van der Waals surface area contributed by atoms with Crippen LogP contribution in [0.3, 0.4) is 0 Å². The number of carbonyl (C=O) groups excluding carboxylic acids is 5. The first kappa shape index (κ1) is 39.8. The molecule has 0 spiro atoms. The van der Waals surface area contributed by atoms with Crippen LogP contribution in [0.5, 0.6) is 0 Å².